The number of carbonyl (C=O) groups is 1. The van der Waals surface area contributed by atoms with Crippen LogP contribution in [0.1, 0.15) is 30.4 Å². The number of benzene rings is 1. The largest absolute Gasteiger partial charge is 0.466 e. The first-order chi connectivity index (χ1) is 8.26. The summed E-state index contributed by atoms with van der Waals surface area (Å²) in [5, 5.41) is 8.99. The molecule has 0 heterocycles. The minimum Gasteiger partial charge on any atom is -0.466 e. The van der Waals surface area contributed by atoms with Gasteiger partial charge in [0.05, 0.1) is 13.7 Å². The second-order valence-electron chi connectivity index (χ2n) is 4.16. The molecule has 1 aliphatic rings. The molecule has 1 N–H and O–H groups in total. The SMILES string of the molecule is COC(=O)C1=C(c2ccc(CO)cc2)CCC1. The summed E-state index contributed by atoms with van der Waals surface area (Å²) in [6, 6.07) is 7.68. The summed E-state index contributed by atoms with van der Waals surface area (Å²) in [6.07, 6.45) is 2.72. The molecule has 0 bridgehead atoms. The Bertz CT molecular complexity index is 443. The van der Waals surface area contributed by atoms with Gasteiger partial charge in [0.15, 0.2) is 0 Å². The van der Waals surface area contributed by atoms with E-state index in [2.05, 4.69) is 0 Å². The minimum absolute atomic E-state index is 0.0448. The van der Waals surface area contributed by atoms with E-state index in [-0.39, 0.29) is 12.6 Å². The predicted molar refractivity (Wildman–Crippen MR) is 65.2 cm³/mol. The summed E-state index contributed by atoms with van der Waals surface area (Å²) >= 11 is 0. The number of hydrogen-bond donors (Lipinski definition) is 1. The monoisotopic (exact) mass is 232 g/mol. The third-order valence-electron chi connectivity index (χ3n) is 3.13. The molecule has 1 aromatic carbocycles. The standard InChI is InChI=1S/C14H16O3/c1-17-14(16)13-4-2-3-12(13)11-7-5-10(9-15)6-8-11/h5-8,15H,2-4,9H2,1H3. The van der Waals surface area contributed by atoms with Crippen molar-refractivity contribution in [2.45, 2.75) is 25.9 Å². The Kier molecular flexibility index (Phi) is 3.59. The Morgan fingerprint density at radius 2 is 2.00 bits per heavy atom. The van der Waals surface area contributed by atoms with Crippen LogP contribution < -0.4 is 0 Å². The minimum atomic E-state index is -0.219. The molecule has 0 saturated heterocycles. The Hall–Kier alpha value is -1.61. The molecule has 0 spiro atoms. The lowest BCUT2D eigenvalue weighted by Crippen LogP contribution is -2.04. The fourth-order valence-electron chi connectivity index (χ4n) is 2.22. The van der Waals surface area contributed by atoms with Gasteiger partial charge in [-0.3, -0.25) is 0 Å². The number of methoxy groups -OCH3 is 1. The molecule has 0 radical (unpaired) electrons. The Morgan fingerprint density at radius 3 is 2.59 bits per heavy atom. The van der Waals surface area contributed by atoms with E-state index in [1.54, 1.807) is 0 Å². The summed E-state index contributed by atoms with van der Waals surface area (Å²) in [7, 11) is 1.42. The van der Waals surface area contributed by atoms with Gasteiger partial charge in [0.2, 0.25) is 0 Å². The average Bonchev–Trinajstić information content (AvgIpc) is 2.87. The number of aliphatic hydroxyl groups is 1. The molecule has 1 aliphatic carbocycles. The second-order valence-corrected chi connectivity index (χ2v) is 4.16. The van der Waals surface area contributed by atoms with Crippen molar-refractivity contribution < 1.29 is 14.6 Å². The van der Waals surface area contributed by atoms with Crippen LogP contribution in [0.25, 0.3) is 5.57 Å². The van der Waals surface area contributed by atoms with Crippen molar-refractivity contribution in [2.75, 3.05) is 7.11 Å². The fraction of sp³-hybridized carbons (Fsp3) is 0.357. The molecule has 0 saturated carbocycles. The third kappa shape index (κ3) is 2.39. The number of allylic oxidation sites excluding steroid dienone is 1. The highest BCUT2D eigenvalue weighted by Crippen LogP contribution is 2.34. The highest BCUT2D eigenvalue weighted by molar-refractivity contribution is 5.98. The van der Waals surface area contributed by atoms with Crippen LogP contribution >= 0.6 is 0 Å². The quantitative estimate of drug-likeness (QED) is 0.813. The first-order valence-electron chi connectivity index (χ1n) is 5.76. The van der Waals surface area contributed by atoms with Crippen LogP contribution in [0, 0.1) is 0 Å². The summed E-state index contributed by atoms with van der Waals surface area (Å²) in [4.78, 5) is 11.6. The highest BCUT2D eigenvalue weighted by atomic mass is 16.5. The van der Waals surface area contributed by atoms with Crippen molar-refractivity contribution >= 4 is 11.5 Å². The average molecular weight is 232 g/mol. The third-order valence-corrected chi connectivity index (χ3v) is 3.13. The number of rotatable bonds is 3. The van der Waals surface area contributed by atoms with Crippen molar-refractivity contribution in [3.8, 4) is 0 Å². The Morgan fingerprint density at radius 1 is 1.29 bits per heavy atom. The molecular formula is C14H16O3. The molecule has 0 atom stereocenters. The van der Waals surface area contributed by atoms with E-state index in [0.29, 0.717) is 0 Å². The van der Waals surface area contributed by atoms with Crippen LogP contribution in [0.3, 0.4) is 0 Å². The number of carbonyl (C=O) groups excluding carboxylic acids is 1. The topological polar surface area (TPSA) is 46.5 Å². The summed E-state index contributed by atoms with van der Waals surface area (Å²) in [5.74, 6) is -0.219. The molecule has 0 unspecified atom stereocenters. The molecule has 1 aromatic rings. The molecule has 3 nitrogen and oxygen atoms in total. The Balaban J connectivity index is 2.33. The molecule has 2 rings (SSSR count). The van der Waals surface area contributed by atoms with Gasteiger partial charge in [-0.05, 0) is 36.0 Å². The maximum Gasteiger partial charge on any atom is 0.334 e. The van der Waals surface area contributed by atoms with Crippen LogP contribution in [-0.4, -0.2) is 18.2 Å². The van der Waals surface area contributed by atoms with Crippen molar-refractivity contribution in [1.29, 1.82) is 0 Å². The first-order valence-corrected chi connectivity index (χ1v) is 5.76. The van der Waals surface area contributed by atoms with Crippen LogP contribution in [0.4, 0.5) is 0 Å². The molecule has 17 heavy (non-hydrogen) atoms. The van der Waals surface area contributed by atoms with E-state index in [1.807, 2.05) is 24.3 Å². The van der Waals surface area contributed by atoms with Gasteiger partial charge in [0.25, 0.3) is 0 Å². The molecule has 3 heteroatoms. The van der Waals surface area contributed by atoms with Crippen LogP contribution in [0.2, 0.25) is 0 Å². The maximum absolute atomic E-state index is 11.6. The lowest BCUT2D eigenvalue weighted by atomic mass is 10.0. The molecule has 0 aromatic heterocycles. The van der Waals surface area contributed by atoms with Gasteiger partial charge in [-0.1, -0.05) is 24.3 Å². The van der Waals surface area contributed by atoms with Crippen molar-refractivity contribution in [2.24, 2.45) is 0 Å². The molecular weight excluding hydrogens is 216 g/mol. The van der Waals surface area contributed by atoms with Gasteiger partial charge in [-0.2, -0.15) is 0 Å². The molecule has 0 aliphatic heterocycles. The van der Waals surface area contributed by atoms with Crippen LogP contribution in [-0.2, 0) is 16.1 Å². The summed E-state index contributed by atoms with van der Waals surface area (Å²) < 4.78 is 4.79. The number of hydrogen-bond acceptors (Lipinski definition) is 3. The van der Waals surface area contributed by atoms with Crippen LogP contribution in [0.5, 0.6) is 0 Å². The maximum atomic E-state index is 11.6. The van der Waals surface area contributed by atoms with Gasteiger partial charge in [-0.15, -0.1) is 0 Å². The van der Waals surface area contributed by atoms with E-state index in [1.165, 1.54) is 7.11 Å². The van der Waals surface area contributed by atoms with Gasteiger partial charge in [0, 0.05) is 5.57 Å². The lowest BCUT2D eigenvalue weighted by molar-refractivity contribution is -0.136. The number of esters is 1. The molecule has 0 fully saturated rings. The van der Waals surface area contributed by atoms with Gasteiger partial charge >= 0.3 is 5.97 Å². The highest BCUT2D eigenvalue weighted by Gasteiger charge is 2.22. The normalized spacial score (nSPS) is 15.2. The van der Waals surface area contributed by atoms with Gasteiger partial charge in [0.1, 0.15) is 0 Å². The van der Waals surface area contributed by atoms with E-state index in [9.17, 15) is 4.79 Å². The zero-order chi connectivity index (χ0) is 12.3. The van der Waals surface area contributed by atoms with E-state index in [0.717, 1.165) is 41.5 Å². The molecule has 0 amide bonds. The number of ether oxygens (including phenoxy) is 1. The lowest BCUT2D eigenvalue weighted by Gasteiger charge is -2.07. The second kappa shape index (κ2) is 5.15. The van der Waals surface area contributed by atoms with Gasteiger partial charge in [-0.25, -0.2) is 4.79 Å². The zero-order valence-corrected chi connectivity index (χ0v) is 9.90. The first kappa shape index (κ1) is 11.9. The van der Waals surface area contributed by atoms with E-state index in [4.69, 9.17) is 9.84 Å². The van der Waals surface area contributed by atoms with Gasteiger partial charge < -0.3 is 9.84 Å². The van der Waals surface area contributed by atoms with Crippen LogP contribution in [0.15, 0.2) is 29.8 Å². The Labute approximate surface area is 101 Å². The summed E-state index contributed by atoms with van der Waals surface area (Å²) in [5.41, 5.74) is 3.82. The smallest absolute Gasteiger partial charge is 0.334 e. The zero-order valence-electron chi connectivity index (χ0n) is 9.90. The summed E-state index contributed by atoms with van der Waals surface area (Å²) in [6.45, 7) is 0.0448. The van der Waals surface area contributed by atoms with Crippen molar-refractivity contribution in [3.05, 3.63) is 41.0 Å². The van der Waals surface area contributed by atoms with E-state index < -0.39 is 0 Å². The van der Waals surface area contributed by atoms with Crippen molar-refractivity contribution in [3.63, 3.8) is 0 Å². The van der Waals surface area contributed by atoms with E-state index >= 15 is 0 Å². The fourth-order valence-corrected chi connectivity index (χ4v) is 2.22. The number of aliphatic hydroxyl groups excluding tert-OH is 1. The van der Waals surface area contributed by atoms with Crippen molar-refractivity contribution in [1.82, 2.24) is 0 Å². The predicted octanol–water partition coefficient (Wildman–Crippen LogP) is 2.29. The molecule has 90 valence electrons.